The van der Waals surface area contributed by atoms with Crippen LogP contribution in [0.15, 0.2) is 0 Å². The minimum absolute atomic E-state index is 0.161. The number of rotatable bonds is 5. The standard InChI is InChI=1S/C16H32N2O/c1-4-7-14-13-18(10-9-17-14)15-8-11-19-16(5-2,6-3)12-15/h14-15,17H,4-13H2,1-3H3. The lowest BCUT2D eigenvalue weighted by Crippen LogP contribution is -2.57. The molecule has 19 heavy (non-hydrogen) atoms. The second-order valence-corrected chi connectivity index (χ2v) is 6.32. The summed E-state index contributed by atoms with van der Waals surface area (Å²) in [5.41, 5.74) is 0.161. The predicted octanol–water partition coefficient (Wildman–Crippen LogP) is 2.80. The first-order chi connectivity index (χ1) is 9.23. The van der Waals surface area contributed by atoms with Crippen molar-refractivity contribution in [3.63, 3.8) is 0 Å². The molecule has 2 saturated heterocycles. The van der Waals surface area contributed by atoms with Crippen LogP contribution in [0.25, 0.3) is 0 Å². The molecule has 2 atom stereocenters. The van der Waals surface area contributed by atoms with Crippen molar-refractivity contribution in [2.24, 2.45) is 0 Å². The van der Waals surface area contributed by atoms with Gasteiger partial charge in [0.15, 0.2) is 0 Å². The molecule has 3 nitrogen and oxygen atoms in total. The molecular formula is C16H32N2O. The molecule has 2 rings (SSSR count). The van der Waals surface area contributed by atoms with Gasteiger partial charge in [0, 0.05) is 38.3 Å². The molecule has 2 aliphatic heterocycles. The van der Waals surface area contributed by atoms with Gasteiger partial charge in [-0.3, -0.25) is 4.90 Å². The lowest BCUT2D eigenvalue weighted by Gasteiger charge is -2.46. The average Bonchev–Trinajstić information content (AvgIpc) is 2.48. The summed E-state index contributed by atoms with van der Waals surface area (Å²) in [5, 5.41) is 3.66. The Bertz CT molecular complexity index is 263. The van der Waals surface area contributed by atoms with Gasteiger partial charge in [0.25, 0.3) is 0 Å². The van der Waals surface area contributed by atoms with Gasteiger partial charge in [0.2, 0.25) is 0 Å². The fraction of sp³-hybridized carbons (Fsp3) is 1.00. The number of hydrogen-bond donors (Lipinski definition) is 1. The van der Waals surface area contributed by atoms with Crippen LogP contribution in [0.3, 0.4) is 0 Å². The molecule has 0 aliphatic carbocycles. The van der Waals surface area contributed by atoms with E-state index in [0.717, 1.165) is 32.0 Å². The molecule has 3 heteroatoms. The molecule has 2 fully saturated rings. The highest BCUT2D eigenvalue weighted by molar-refractivity contribution is 4.92. The summed E-state index contributed by atoms with van der Waals surface area (Å²) < 4.78 is 6.12. The summed E-state index contributed by atoms with van der Waals surface area (Å²) in [6.45, 7) is 11.4. The molecular weight excluding hydrogens is 236 g/mol. The molecule has 2 heterocycles. The van der Waals surface area contributed by atoms with Crippen LogP contribution in [-0.4, -0.2) is 48.8 Å². The molecule has 0 amide bonds. The first kappa shape index (κ1) is 15.3. The Morgan fingerprint density at radius 2 is 2.05 bits per heavy atom. The number of piperazine rings is 1. The van der Waals surface area contributed by atoms with Gasteiger partial charge in [0.1, 0.15) is 0 Å². The first-order valence-corrected chi connectivity index (χ1v) is 8.34. The Hall–Kier alpha value is -0.120. The van der Waals surface area contributed by atoms with Crippen molar-refractivity contribution in [1.29, 1.82) is 0 Å². The van der Waals surface area contributed by atoms with Gasteiger partial charge in [-0.05, 0) is 32.1 Å². The van der Waals surface area contributed by atoms with E-state index in [-0.39, 0.29) is 5.60 Å². The summed E-state index contributed by atoms with van der Waals surface area (Å²) >= 11 is 0. The average molecular weight is 268 g/mol. The maximum absolute atomic E-state index is 6.12. The summed E-state index contributed by atoms with van der Waals surface area (Å²) in [7, 11) is 0. The zero-order chi connectivity index (χ0) is 13.7. The van der Waals surface area contributed by atoms with Crippen LogP contribution in [0.1, 0.15) is 59.3 Å². The summed E-state index contributed by atoms with van der Waals surface area (Å²) in [6.07, 6.45) is 7.37. The Kier molecular flexibility index (Phi) is 5.67. The van der Waals surface area contributed by atoms with Gasteiger partial charge in [-0.15, -0.1) is 0 Å². The lowest BCUT2D eigenvalue weighted by atomic mass is 9.85. The zero-order valence-electron chi connectivity index (χ0n) is 13.1. The fourth-order valence-electron chi connectivity index (χ4n) is 3.78. The maximum atomic E-state index is 6.12. The van der Waals surface area contributed by atoms with Crippen molar-refractivity contribution in [1.82, 2.24) is 10.2 Å². The minimum atomic E-state index is 0.161. The topological polar surface area (TPSA) is 24.5 Å². The molecule has 0 spiro atoms. The van der Waals surface area contributed by atoms with Crippen molar-refractivity contribution in [3.05, 3.63) is 0 Å². The molecule has 0 radical (unpaired) electrons. The highest BCUT2D eigenvalue weighted by Crippen LogP contribution is 2.34. The summed E-state index contributed by atoms with van der Waals surface area (Å²) in [6, 6.07) is 1.45. The highest BCUT2D eigenvalue weighted by atomic mass is 16.5. The molecule has 0 aromatic heterocycles. The van der Waals surface area contributed by atoms with Crippen LogP contribution in [0, 0.1) is 0 Å². The summed E-state index contributed by atoms with van der Waals surface area (Å²) in [5.74, 6) is 0. The Labute approximate surface area is 119 Å². The van der Waals surface area contributed by atoms with Crippen LogP contribution >= 0.6 is 0 Å². The van der Waals surface area contributed by atoms with Crippen LogP contribution in [0.4, 0.5) is 0 Å². The number of nitrogens with one attached hydrogen (secondary N) is 1. The second-order valence-electron chi connectivity index (χ2n) is 6.32. The van der Waals surface area contributed by atoms with Gasteiger partial charge < -0.3 is 10.1 Å². The number of nitrogens with zero attached hydrogens (tertiary/aromatic N) is 1. The van der Waals surface area contributed by atoms with Crippen LogP contribution in [0.5, 0.6) is 0 Å². The number of ether oxygens (including phenoxy) is 1. The van der Waals surface area contributed by atoms with Gasteiger partial charge in [-0.1, -0.05) is 27.2 Å². The molecule has 0 bridgehead atoms. The van der Waals surface area contributed by atoms with Crippen molar-refractivity contribution in [2.75, 3.05) is 26.2 Å². The van der Waals surface area contributed by atoms with E-state index in [9.17, 15) is 0 Å². The minimum Gasteiger partial charge on any atom is -0.375 e. The number of hydrogen-bond acceptors (Lipinski definition) is 3. The van der Waals surface area contributed by atoms with Crippen molar-refractivity contribution < 1.29 is 4.74 Å². The fourth-order valence-corrected chi connectivity index (χ4v) is 3.78. The normalized spacial score (nSPS) is 32.4. The summed E-state index contributed by atoms with van der Waals surface area (Å²) in [4.78, 5) is 2.74. The Morgan fingerprint density at radius 3 is 2.74 bits per heavy atom. The second kappa shape index (κ2) is 7.05. The van der Waals surface area contributed by atoms with Gasteiger partial charge in [0.05, 0.1) is 5.60 Å². The molecule has 2 aliphatic rings. The van der Waals surface area contributed by atoms with Crippen molar-refractivity contribution >= 4 is 0 Å². The highest BCUT2D eigenvalue weighted by Gasteiger charge is 2.37. The Balaban J connectivity index is 1.93. The van der Waals surface area contributed by atoms with Gasteiger partial charge in [-0.2, -0.15) is 0 Å². The quantitative estimate of drug-likeness (QED) is 0.830. The van der Waals surface area contributed by atoms with E-state index in [1.807, 2.05) is 0 Å². The van der Waals surface area contributed by atoms with E-state index in [1.54, 1.807) is 0 Å². The lowest BCUT2D eigenvalue weighted by molar-refractivity contribution is -0.112. The van der Waals surface area contributed by atoms with Crippen LogP contribution in [-0.2, 0) is 4.74 Å². The van der Waals surface area contributed by atoms with E-state index < -0.39 is 0 Å². The third-order valence-electron chi connectivity index (χ3n) is 5.20. The van der Waals surface area contributed by atoms with E-state index in [4.69, 9.17) is 4.74 Å². The molecule has 0 saturated carbocycles. The third-order valence-corrected chi connectivity index (χ3v) is 5.20. The maximum Gasteiger partial charge on any atom is 0.0692 e. The van der Waals surface area contributed by atoms with Gasteiger partial charge in [-0.25, -0.2) is 0 Å². The molecule has 0 aromatic rings. The molecule has 112 valence electrons. The van der Waals surface area contributed by atoms with Crippen LogP contribution in [0.2, 0.25) is 0 Å². The van der Waals surface area contributed by atoms with E-state index in [2.05, 4.69) is 31.0 Å². The predicted molar refractivity (Wildman–Crippen MR) is 80.6 cm³/mol. The van der Waals surface area contributed by atoms with Crippen LogP contribution < -0.4 is 5.32 Å². The van der Waals surface area contributed by atoms with Crippen molar-refractivity contribution in [3.8, 4) is 0 Å². The monoisotopic (exact) mass is 268 g/mol. The molecule has 2 unspecified atom stereocenters. The van der Waals surface area contributed by atoms with Crippen molar-refractivity contribution in [2.45, 2.75) is 77.0 Å². The SMILES string of the molecule is CCCC1CN(C2CCOC(CC)(CC)C2)CCN1. The smallest absolute Gasteiger partial charge is 0.0692 e. The third kappa shape index (κ3) is 3.71. The largest absolute Gasteiger partial charge is 0.375 e. The molecule has 0 aromatic carbocycles. The first-order valence-electron chi connectivity index (χ1n) is 8.34. The molecule has 1 N–H and O–H groups in total. The Morgan fingerprint density at radius 1 is 1.26 bits per heavy atom. The van der Waals surface area contributed by atoms with Gasteiger partial charge >= 0.3 is 0 Å². The zero-order valence-corrected chi connectivity index (χ0v) is 13.1. The van der Waals surface area contributed by atoms with E-state index >= 15 is 0 Å². The van der Waals surface area contributed by atoms with E-state index in [0.29, 0.717) is 6.04 Å². The van der Waals surface area contributed by atoms with E-state index in [1.165, 1.54) is 38.8 Å².